The Bertz CT molecular complexity index is 805. The average molecular weight is 384 g/mol. The summed E-state index contributed by atoms with van der Waals surface area (Å²) >= 11 is 0. The molecule has 0 fully saturated rings. The molecule has 0 saturated carbocycles. The molecule has 0 atom stereocenters. The molecular formula is C22H28N2O4. The Labute approximate surface area is 166 Å². The molecule has 0 saturated heterocycles. The fraction of sp³-hybridized carbons (Fsp3) is 0.409. The van der Waals surface area contributed by atoms with Crippen LogP contribution in [-0.4, -0.2) is 44.8 Å². The van der Waals surface area contributed by atoms with Crippen LogP contribution in [0.4, 0.5) is 4.79 Å². The summed E-state index contributed by atoms with van der Waals surface area (Å²) in [7, 11) is 3.25. The van der Waals surface area contributed by atoms with Gasteiger partial charge in [-0.2, -0.15) is 0 Å². The number of aryl methyl sites for hydroxylation is 1. The first-order valence-electron chi connectivity index (χ1n) is 9.63. The van der Waals surface area contributed by atoms with Gasteiger partial charge in [0.15, 0.2) is 11.5 Å². The second-order valence-corrected chi connectivity index (χ2v) is 6.73. The fourth-order valence-corrected chi connectivity index (χ4v) is 3.32. The van der Waals surface area contributed by atoms with Crippen molar-refractivity contribution in [2.24, 2.45) is 0 Å². The van der Waals surface area contributed by atoms with Gasteiger partial charge >= 0.3 is 6.03 Å². The molecule has 0 aromatic heterocycles. The number of hydrogen-bond donors (Lipinski definition) is 1. The maximum atomic E-state index is 12.5. The van der Waals surface area contributed by atoms with Crippen molar-refractivity contribution in [2.45, 2.75) is 26.3 Å². The van der Waals surface area contributed by atoms with Crippen LogP contribution < -0.4 is 19.5 Å². The highest BCUT2D eigenvalue weighted by Gasteiger charge is 2.22. The van der Waals surface area contributed by atoms with Crippen molar-refractivity contribution < 1.29 is 19.0 Å². The smallest absolute Gasteiger partial charge is 0.317 e. The molecule has 2 amide bonds. The van der Waals surface area contributed by atoms with Gasteiger partial charge in [-0.25, -0.2) is 4.79 Å². The van der Waals surface area contributed by atoms with Crippen LogP contribution in [0.5, 0.6) is 17.2 Å². The van der Waals surface area contributed by atoms with E-state index in [2.05, 4.69) is 24.4 Å². The van der Waals surface area contributed by atoms with Crippen molar-refractivity contribution in [3.8, 4) is 17.2 Å². The van der Waals surface area contributed by atoms with E-state index in [0.717, 1.165) is 29.9 Å². The van der Waals surface area contributed by atoms with E-state index in [0.29, 0.717) is 32.0 Å². The van der Waals surface area contributed by atoms with Crippen molar-refractivity contribution in [1.82, 2.24) is 10.2 Å². The van der Waals surface area contributed by atoms with Crippen LogP contribution in [0.3, 0.4) is 0 Å². The first-order chi connectivity index (χ1) is 13.6. The van der Waals surface area contributed by atoms with Crippen molar-refractivity contribution in [1.29, 1.82) is 0 Å². The Morgan fingerprint density at radius 3 is 2.39 bits per heavy atom. The van der Waals surface area contributed by atoms with E-state index in [1.165, 1.54) is 11.1 Å². The van der Waals surface area contributed by atoms with Crippen LogP contribution in [-0.2, 0) is 19.4 Å². The minimum Gasteiger partial charge on any atom is -0.493 e. The zero-order valence-corrected chi connectivity index (χ0v) is 16.8. The van der Waals surface area contributed by atoms with E-state index in [4.69, 9.17) is 14.2 Å². The molecule has 2 aromatic rings. The van der Waals surface area contributed by atoms with Gasteiger partial charge in [0.05, 0.1) is 20.8 Å². The number of ether oxygens (including phenoxy) is 3. The van der Waals surface area contributed by atoms with Crippen LogP contribution in [0.2, 0.25) is 0 Å². The molecule has 0 radical (unpaired) electrons. The summed E-state index contributed by atoms with van der Waals surface area (Å²) in [6.45, 7) is 4.25. The Hall–Kier alpha value is -2.89. The van der Waals surface area contributed by atoms with Crippen LogP contribution in [0.25, 0.3) is 0 Å². The Balaban J connectivity index is 1.49. The number of methoxy groups -OCH3 is 2. The first-order valence-corrected chi connectivity index (χ1v) is 9.63. The molecule has 1 heterocycles. The van der Waals surface area contributed by atoms with Gasteiger partial charge < -0.3 is 24.4 Å². The number of carbonyl (C=O) groups excluding carboxylic acids is 1. The molecular weight excluding hydrogens is 356 g/mol. The number of urea groups is 1. The Morgan fingerprint density at radius 1 is 1.07 bits per heavy atom. The number of benzene rings is 2. The summed E-state index contributed by atoms with van der Waals surface area (Å²) in [5.41, 5.74) is 3.56. The number of amides is 2. The van der Waals surface area contributed by atoms with Crippen molar-refractivity contribution >= 4 is 6.03 Å². The predicted octanol–water partition coefficient (Wildman–Crippen LogP) is 3.41. The number of nitrogens with zero attached hydrogens (tertiary/aromatic N) is 1. The highest BCUT2D eigenvalue weighted by atomic mass is 16.5. The topological polar surface area (TPSA) is 60.0 Å². The zero-order chi connectivity index (χ0) is 19.9. The average Bonchev–Trinajstić information content (AvgIpc) is 2.75. The summed E-state index contributed by atoms with van der Waals surface area (Å²) in [5, 5.41) is 2.93. The number of nitrogens with one attached hydrogen (secondary N) is 1. The van der Waals surface area contributed by atoms with Crippen molar-refractivity contribution in [2.75, 3.05) is 33.9 Å². The minimum atomic E-state index is -0.0784. The van der Waals surface area contributed by atoms with Gasteiger partial charge in [-0.1, -0.05) is 19.1 Å². The molecule has 0 aliphatic carbocycles. The maximum Gasteiger partial charge on any atom is 0.317 e. The highest BCUT2D eigenvalue weighted by molar-refractivity contribution is 5.74. The minimum absolute atomic E-state index is 0.0784. The standard InChI is InChI=1S/C22H28N2O4/c1-4-16-5-7-19(8-6-16)28-12-10-23-22(25)24-11-9-17-13-20(26-2)21(27-3)14-18(17)15-24/h5-8,13-14H,4,9-12,15H2,1-3H3,(H,23,25). The van der Waals surface area contributed by atoms with Crippen molar-refractivity contribution in [3.05, 3.63) is 53.1 Å². The summed E-state index contributed by atoms with van der Waals surface area (Å²) in [6, 6.07) is 11.9. The van der Waals surface area contributed by atoms with Gasteiger partial charge in [0.2, 0.25) is 0 Å². The van der Waals surface area contributed by atoms with Crippen LogP contribution in [0.15, 0.2) is 36.4 Å². The van der Waals surface area contributed by atoms with E-state index in [1.54, 1.807) is 14.2 Å². The lowest BCUT2D eigenvalue weighted by atomic mass is 9.99. The first kappa shape index (κ1) is 19.9. The Morgan fingerprint density at radius 2 is 1.75 bits per heavy atom. The molecule has 1 aliphatic rings. The predicted molar refractivity (Wildman–Crippen MR) is 108 cm³/mol. The zero-order valence-electron chi connectivity index (χ0n) is 16.8. The number of fused-ring (bicyclic) bond motifs is 1. The maximum absolute atomic E-state index is 12.5. The molecule has 2 aromatic carbocycles. The van der Waals surface area contributed by atoms with E-state index < -0.39 is 0 Å². The normalized spacial score (nSPS) is 12.9. The van der Waals surface area contributed by atoms with Crippen LogP contribution >= 0.6 is 0 Å². The summed E-state index contributed by atoms with van der Waals surface area (Å²) < 4.78 is 16.4. The molecule has 1 aliphatic heterocycles. The van der Waals surface area contributed by atoms with Gasteiger partial charge in [0.25, 0.3) is 0 Å². The van der Waals surface area contributed by atoms with Gasteiger partial charge in [0, 0.05) is 13.1 Å². The van der Waals surface area contributed by atoms with Crippen LogP contribution in [0.1, 0.15) is 23.6 Å². The molecule has 6 heteroatoms. The largest absolute Gasteiger partial charge is 0.493 e. The monoisotopic (exact) mass is 384 g/mol. The number of rotatable bonds is 7. The SMILES string of the molecule is CCc1ccc(OCCNC(=O)N2CCc3cc(OC)c(OC)cc3C2)cc1. The lowest BCUT2D eigenvalue weighted by Crippen LogP contribution is -2.43. The second-order valence-electron chi connectivity index (χ2n) is 6.73. The second kappa shape index (κ2) is 9.35. The fourth-order valence-electron chi connectivity index (χ4n) is 3.32. The Kier molecular flexibility index (Phi) is 6.63. The summed E-state index contributed by atoms with van der Waals surface area (Å²) in [6.07, 6.45) is 1.80. The molecule has 3 rings (SSSR count). The molecule has 28 heavy (non-hydrogen) atoms. The lowest BCUT2D eigenvalue weighted by Gasteiger charge is -2.29. The summed E-state index contributed by atoms with van der Waals surface area (Å²) in [5.74, 6) is 2.23. The third-order valence-electron chi connectivity index (χ3n) is 4.98. The van der Waals surface area contributed by atoms with E-state index >= 15 is 0 Å². The molecule has 150 valence electrons. The van der Waals surface area contributed by atoms with Crippen molar-refractivity contribution in [3.63, 3.8) is 0 Å². The summed E-state index contributed by atoms with van der Waals surface area (Å²) in [4.78, 5) is 14.3. The highest BCUT2D eigenvalue weighted by Crippen LogP contribution is 2.33. The number of hydrogen-bond acceptors (Lipinski definition) is 4. The molecule has 6 nitrogen and oxygen atoms in total. The molecule has 0 unspecified atom stereocenters. The van der Waals surface area contributed by atoms with Gasteiger partial charge in [0.1, 0.15) is 12.4 Å². The third-order valence-corrected chi connectivity index (χ3v) is 4.98. The lowest BCUT2D eigenvalue weighted by molar-refractivity contribution is 0.189. The van der Waals surface area contributed by atoms with E-state index in [-0.39, 0.29) is 6.03 Å². The van der Waals surface area contributed by atoms with Gasteiger partial charge in [-0.15, -0.1) is 0 Å². The quantitative estimate of drug-likeness (QED) is 0.743. The van der Waals surface area contributed by atoms with E-state index in [9.17, 15) is 4.79 Å². The van der Waals surface area contributed by atoms with Gasteiger partial charge in [-0.05, 0) is 53.8 Å². The number of carbonyl (C=O) groups is 1. The molecule has 0 spiro atoms. The van der Waals surface area contributed by atoms with E-state index in [1.807, 2.05) is 29.2 Å². The molecule has 1 N–H and O–H groups in total. The molecule has 0 bridgehead atoms. The van der Waals surface area contributed by atoms with Crippen LogP contribution in [0, 0.1) is 0 Å². The third kappa shape index (κ3) is 4.68. The van der Waals surface area contributed by atoms with Gasteiger partial charge in [-0.3, -0.25) is 0 Å².